The van der Waals surface area contributed by atoms with E-state index in [9.17, 15) is 14.7 Å². The van der Waals surface area contributed by atoms with Crippen molar-refractivity contribution in [2.24, 2.45) is 4.99 Å². The monoisotopic (exact) mass is 322 g/mol. The zero-order chi connectivity index (χ0) is 13.1. The maximum Gasteiger partial charge on any atom is 1.00 e. The summed E-state index contributed by atoms with van der Waals surface area (Å²) in [6.07, 6.45) is -0.0681. The van der Waals surface area contributed by atoms with Gasteiger partial charge in [0.15, 0.2) is 0 Å². The molecule has 0 radical (unpaired) electrons. The Bertz CT molecular complexity index is 521. The maximum atomic E-state index is 11.6. The first-order chi connectivity index (χ1) is 8.54. The third kappa shape index (κ3) is 5.18. The first-order valence-electron chi connectivity index (χ1n) is 5.06. The molecule has 1 aliphatic rings. The van der Waals surface area contributed by atoms with Crippen LogP contribution in [-0.2, 0) is 9.59 Å². The summed E-state index contributed by atoms with van der Waals surface area (Å²) >= 11 is 6.49. The minimum atomic E-state index is -0.704. The normalized spacial score (nSPS) is 17.6. The molecule has 1 unspecified atom stereocenters. The molecule has 0 aliphatic carbocycles. The van der Waals surface area contributed by atoms with Gasteiger partial charge in [-0.25, -0.2) is 4.99 Å². The number of carbonyl (C=O) groups is 2. The van der Waals surface area contributed by atoms with Crippen LogP contribution in [-0.4, -0.2) is 22.3 Å². The Morgan fingerprint density at radius 3 is 2.58 bits per heavy atom. The number of aliphatic imine (C=N–C) groups is 1. The molecule has 0 aromatic heterocycles. The van der Waals surface area contributed by atoms with Gasteiger partial charge in [-0.05, 0) is 24.3 Å². The van der Waals surface area contributed by atoms with Crippen LogP contribution < -0.4 is 61.8 Å². The van der Waals surface area contributed by atoms with Gasteiger partial charge in [0.05, 0.1) is 5.25 Å². The van der Waals surface area contributed by atoms with Crippen LogP contribution in [0, 0.1) is 0 Å². The number of halogens is 1. The van der Waals surface area contributed by atoms with Crippen molar-refractivity contribution in [2.75, 3.05) is 5.32 Å². The molecule has 1 atom stereocenters. The molecule has 0 saturated heterocycles. The largest absolute Gasteiger partial charge is 1.00 e. The number of anilines is 1. The summed E-state index contributed by atoms with van der Waals surface area (Å²) in [6, 6.07) is 6.59. The Morgan fingerprint density at radius 1 is 1.42 bits per heavy atom. The van der Waals surface area contributed by atoms with E-state index in [4.69, 9.17) is 11.6 Å². The number of amides is 2. The van der Waals surface area contributed by atoms with Crippen molar-refractivity contribution in [2.45, 2.75) is 11.7 Å². The minimum Gasteiger partial charge on any atom is -0.854 e. The van der Waals surface area contributed by atoms with Crippen LogP contribution in [0.2, 0.25) is 5.02 Å². The summed E-state index contributed by atoms with van der Waals surface area (Å²) in [5.41, 5.74) is 0.586. The van der Waals surface area contributed by atoms with Crippen LogP contribution in [0.1, 0.15) is 6.42 Å². The van der Waals surface area contributed by atoms with Gasteiger partial charge in [0.25, 0.3) is 5.91 Å². The van der Waals surface area contributed by atoms with Crippen molar-refractivity contribution in [1.82, 2.24) is 0 Å². The number of benzene rings is 1. The third-order valence-corrected chi connectivity index (χ3v) is 3.42. The fourth-order valence-corrected chi connectivity index (χ4v) is 2.30. The van der Waals surface area contributed by atoms with Crippen molar-refractivity contribution < 1.29 is 66.1 Å². The Labute approximate surface area is 161 Å². The second kappa shape index (κ2) is 7.77. The van der Waals surface area contributed by atoms with E-state index in [0.29, 0.717) is 10.7 Å². The molecule has 1 aromatic carbocycles. The van der Waals surface area contributed by atoms with E-state index >= 15 is 0 Å². The molecule has 19 heavy (non-hydrogen) atoms. The van der Waals surface area contributed by atoms with Gasteiger partial charge in [-0.2, -0.15) is 0 Å². The molecule has 0 saturated carbocycles. The standard InChI is InChI=1S/C11H9ClN2O3S.K/c12-6-1-3-7(4-2-6)13-9(15)5-8-10(16)14-11(17)18-8;/h1-4,8H,5H2,(H,13,15)(H,14,16,17);/q;+1/p-1. The predicted octanol–water partition coefficient (Wildman–Crippen LogP) is -1.97. The Morgan fingerprint density at radius 2 is 2.05 bits per heavy atom. The van der Waals surface area contributed by atoms with Crippen LogP contribution in [0.3, 0.4) is 0 Å². The van der Waals surface area contributed by atoms with Crippen molar-refractivity contribution in [3.63, 3.8) is 0 Å². The summed E-state index contributed by atoms with van der Waals surface area (Å²) in [7, 11) is 0. The van der Waals surface area contributed by atoms with E-state index in [2.05, 4.69) is 10.3 Å². The fraction of sp³-hybridized carbons (Fsp3) is 0.182. The summed E-state index contributed by atoms with van der Waals surface area (Å²) in [6.45, 7) is 0. The molecule has 94 valence electrons. The second-order valence-corrected chi connectivity index (χ2v) is 5.17. The minimum absolute atomic E-state index is 0. The van der Waals surface area contributed by atoms with E-state index in [0.717, 1.165) is 11.8 Å². The molecule has 0 fully saturated rings. The number of carbonyl (C=O) groups excluding carboxylic acids is 2. The van der Waals surface area contributed by atoms with Crippen molar-refractivity contribution in [1.29, 1.82) is 0 Å². The summed E-state index contributed by atoms with van der Waals surface area (Å²) in [4.78, 5) is 26.1. The van der Waals surface area contributed by atoms with Gasteiger partial charge < -0.3 is 10.4 Å². The van der Waals surface area contributed by atoms with E-state index in [1.807, 2.05) is 0 Å². The molecule has 5 nitrogen and oxygen atoms in total. The van der Waals surface area contributed by atoms with Gasteiger partial charge in [-0.1, -0.05) is 11.6 Å². The van der Waals surface area contributed by atoms with Gasteiger partial charge in [-0.3, -0.25) is 9.59 Å². The average Bonchev–Trinajstić information content (AvgIpc) is 2.61. The predicted molar refractivity (Wildman–Crippen MR) is 68.5 cm³/mol. The number of nitrogens with one attached hydrogen (secondary N) is 1. The number of rotatable bonds is 3. The molecule has 0 spiro atoms. The quantitative estimate of drug-likeness (QED) is 0.655. The number of thioether (sulfide) groups is 1. The maximum absolute atomic E-state index is 11.6. The smallest absolute Gasteiger partial charge is 0.854 e. The Balaban J connectivity index is 0.00000180. The van der Waals surface area contributed by atoms with E-state index < -0.39 is 16.4 Å². The van der Waals surface area contributed by atoms with Crippen LogP contribution in [0.5, 0.6) is 0 Å². The Kier molecular flexibility index (Phi) is 7.02. The fourth-order valence-electron chi connectivity index (χ4n) is 1.40. The Hall–Kier alpha value is 0.106. The third-order valence-electron chi connectivity index (χ3n) is 2.22. The summed E-state index contributed by atoms with van der Waals surface area (Å²) < 4.78 is 0. The summed E-state index contributed by atoms with van der Waals surface area (Å²) in [5, 5.41) is 12.8. The van der Waals surface area contributed by atoms with Crippen LogP contribution in [0.15, 0.2) is 29.3 Å². The van der Waals surface area contributed by atoms with E-state index in [1.165, 1.54) is 0 Å². The van der Waals surface area contributed by atoms with Gasteiger partial charge in [0.2, 0.25) is 5.91 Å². The van der Waals surface area contributed by atoms with Crippen LogP contribution in [0.25, 0.3) is 0 Å². The van der Waals surface area contributed by atoms with Gasteiger partial charge in [0, 0.05) is 22.4 Å². The van der Waals surface area contributed by atoms with Crippen molar-refractivity contribution in [3.8, 4) is 0 Å². The van der Waals surface area contributed by atoms with E-state index in [1.54, 1.807) is 24.3 Å². The van der Waals surface area contributed by atoms with Gasteiger partial charge in [-0.15, -0.1) is 11.8 Å². The topological polar surface area (TPSA) is 81.6 Å². The second-order valence-electron chi connectivity index (χ2n) is 3.58. The van der Waals surface area contributed by atoms with Crippen molar-refractivity contribution in [3.05, 3.63) is 29.3 Å². The van der Waals surface area contributed by atoms with E-state index in [-0.39, 0.29) is 63.7 Å². The molecule has 2 amide bonds. The molecule has 1 aliphatic heterocycles. The molecular formula is C11H8ClKN2O3S. The first-order valence-corrected chi connectivity index (χ1v) is 6.32. The van der Waals surface area contributed by atoms with Gasteiger partial charge in [0.1, 0.15) is 0 Å². The molecular weight excluding hydrogens is 315 g/mol. The number of nitrogens with zero attached hydrogens (tertiary/aromatic N) is 1. The molecule has 8 heteroatoms. The van der Waals surface area contributed by atoms with Crippen LogP contribution in [0.4, 0.5) is 5.69 Å². The zero-order valence-electron chi connectivity index (χ0n) is 10.1. The average molecular weight is 323 g/mol. The molecule has 1 N–H and O–H groups in total. The summed E-state index contributed by atoms with van der Waals surface area (Å²) in [5.74, 6) is -0.885. The molecule has 2 rings (SSSR count). The molecule has 1 heterocycles. The molecule has 0 bridgehead atoms. The number of hydrogen-bond donors (Lipinski definition) is 1. The molecule has 1 aromatic rings. The zero-order valence-corrected chi connectivity index (χ0v) is 14.7. The van der Waals surface area contributed by atoms with Gasteiger partial charge >= 0.3 is 51.4 Å². The van der Waals surface area contributed by atoms with Crippen molar-refractivity contribution >= 4 is 46.1 Å². The SMILES string of the molecule is O=C(CC1SC([O-])=NC1=O)Nc1ccc(Cl)cc1.[K+]. The van der Waals surface area contributed by atoms with Crippen LogP contribution >= 0.6 is 23.4 Å². The first kappa shape index (κ1) is 17.2. The number of hydrogen-bond acceptors (Lipinski definition) is 4.